The minimum Gasteiger partial charge on any atom is -0.389 e. The maximum Gasteiger partial charge on any atom is 0.0897 e. The molecule has 3 nitrogen and oxygen atoms in total. The van der Waals surface area contributed by atoms with Crippen LogP contribution in [-0.2, 0) is 4.74 Å². The first-order valence-corrected chi connectivity index (χ1v) is 6.82. The smallest absolute Gasteiger partial charge is 0.0897 e. The second-order valence-corrected chi connectivity index (χ2v) is 4.83. The fourth-order valence-electron chi connectivity index (χ4n) is 1.82. The molecule has 0 saturated heterocycles. The first-order chi connectivity index (χ1) is 7.83. The van der Waals surface area contributed by atoms with Crippen LogP contribution in [0.2, 0.25) is 0 Å². The minimum atomic E-state index is -0.341. The number of hydrogen-bond donors (Lipinski definition) is 2. The quantitative estimate of drug-likeness (QED) is 0.564. The predicted octanol–water partition coefficient (Wildman–Crippen LogP) is 2.09. The molecule has 0 amide bonds. The summed E-state index contributed by atoms with van der Waals surface area (Å²) in [7, 11) is 0. The summed E-state index contributed by atoms with van der Waals surface area (Å²) in [6.07, 6.45) is 8.44. The van der Waals surface area contributed by atoms with E-state index in [1.54, 1.807) is 0 Å². The SMILES string of the molecule is CCCCCCOCC(O)CNC1CCC1. The van der Waals surface area contributed by atoms with E-state index in [4.69, 9.17) is 4.74 Å². The molecule has 0 radical (unpaired) electrons. The van der Waals surface area contributed by atoms with E-state index >= 15 is 0 Å². The molecule has 0 aromatic carbocycles. The van der Waals surface area contributed by atoms with Gasteiger partial charge in [0.25, 0.3) is 0 Å². The average Bonchev–Trinajstić information content (AvgIpc) is 2.21. The van der Waals surface area contributed by atoms with Crippen LogP contribution in [0.4, 0.5) is 0 Å². The second-order valence-electron chi connectivity index (χ2n) is 4.83. The summed E-state index contributed by atoms with van der Waals surface area (Å²) in [6.45, 7) is 4.16. The van der Waals surface area contributed by atoms with Gasteiger partial charge in [0.15, 0.2) is 0 Å². The third-order valence-corrected chi connectivity index (χ3v) is 3.20. The van der Waals surface area contributed by atoms with Gasteiger partial charge in [-0.25, -0.2) is 0 Å². The van der Waals surface area contributed by atoms with E-state index < -0.39 is 0 Å². The molecule has 0 aromatic rings. The Morgan fingerprint density at radius 1 is 1.31 bits per heavy atom. The number of hydrogen-bond acceptors (Lipinski definition) is 3. The first-order valence-electron chi connectivity index (χ1n) is 6.82. The fourth-order valence-corrected chi connectivity index (χ4v) is 1.82. The van der Waals surface area contributed by atoms with Crippen LogP contribution in [0.15, 0.2) is 0 Å². The molecule has 1 fully saturated rings. The number of rotatable bonds is 10. The summed E-state index contributed by atoms with van der Waals surface area (Å²) in [5.74, 6) is 0. The molecule has 1 aliphatic carbocycles. The van der Waals surface area contributed by atoms with Crippen molar-refractivity contribution in [3.63, 3.8) is 0 Å². The highest BCUT2D eigenvalue weighted by Gasteiger charge is 2.17. The van der Waals surface area contributed by atoms with E-state index in [2.05, 4.69) is 12.2 Å². The highest BCUT2D eigenvalue weighted by Crippen LogP contribution is 2.17. The van der Waals surface area contributed by atoms with Crippen molar-refractivity contribution in [1.82, 2.24) is 5.32 Å². The van der Waals surface area contributed by atoms with Crippen molar-refractivity contribution >= 4 is 0 Å². The van der Waals surface area contributed by atoms with Crippen LogP contribution in [0, 0.1) is 0 Å². The van der Waals surface area contributed by atoms with Gasteiger partial charge in [-0.2, -0.15) is 0 Å². The van der Waals surface area contributed by atoms with Crippen LogP contribution in [0.5, 0.6) is 0 Å². The Labute approximate surface area is 99.6 Å². The van der Waals surface area contributed by atoms with Gasteiger partial charge < -0.3 is 15.2 Å². The topological polar surface area (TPSA) is 41.5 Å². The van der Waals surface area contributed by atoms with Gasteiger partial charge >= 0.3 is 0 Å². The van der Waals surface area contributed by atoms with Gasteiger partial charge in [0, 0.05) is 19.2 Å². The van der Waals surface area contributed by atoms with Crippen molar-refractivity contribution in [1.29, 1.82) is 0 Å². The van der Waals surface area contributed by atoms with E-state index in [0.717, 1.165) is 13.0 Å². The number of aliphatic hydroxyl groups excluding tert-OH is 1. The largest absolute Gasteiger partial charge is 0.389 e. The monoisotopic (exact) mass is 229 g/mol. The van der Waals surface area contributed by atoms with Crippen molar-refractivity contribution < 1.29 is 9.84 Å². The molecule has 0 bridgehead atoms. The van der Waals surface area contributed by atoms with Crippen LogP contribution in [0.25, 0.3) is 0 Å². The predicted molar refractivity (Wildman–Crippen MR) is 66.6 cm³/mol. The Morgan fingerprint density at radius 3 is 2.75 bits per heavy atom. The number of unbranched alkanes of at least 4 members (excludes halogenated alkanes) is 3. The van der Waals surface area contributed by atoms with Crippen LogP contribution in [0.1, 0.15) is 51.9 Å². The Bertz CT molecular complexity index is 160. The lowest BCUT2D eigenvalue weighted by Crippen LogP contribution is -2.41. The summed E-state index contributed by atoms with van der Waals surface area (Å²) < 4.78 is 5.44. The van der Waals surface area contributed by atoms with E-state index in [0.29, 0.717) is 19.2 Å². The summed E-state index contributed by atoms with van der Waals surface area (Å²) in [5, 5.41) is 13.0. The minimum absolute atomic E-state index is 0.341. The molecule has 3 heteroatoms. The van der Waals surface area contributed by atoms with Crippen molar-refractivity contribution in [3.05, 3.63) is 0 Å². The highest BCUT2D eigenvalue weighted by molar-refractivity contribution is 4.77. The number of aliphatic hydroxyl groups is 1. The molecule has 2 N–H and O–H groups in total. The maximum atomic E-state index is 9.63. The highest BCUT2D eigenvalue weighted by atomic mass is 16.5. The molecular formula is C13H27NO2. The third-order valence-electron chi connectivity index (χ3n) is 3.20. The van der Waals surface area contributed by atoms with Gasteiger partial charge in [0.2, 0.25) is 0 Å². The normalized spacial score (nSPS) is 18.4. The number of ether oxygens (including phenoxy) is 1. The van der Waals surface area contributed by atoms with Crippen LogP contribution in [0.3, 0.4) is 0 Å². The fraction of sp³-hybridized carbons (Fsp3) is 1.00. The van der Waals surface area contributed by atoms with Crippen LogP contribution >= 0.6 is 0 Å². The molecule has 96 valence electrons. The molecule has 1 atom stereocenters. The van der Waals surface area contributed by atoms with Gasteiger partial charge in [-0.3, -0.25) is 0 Å². The molecule has 1 saturated carbocycles. The molecule has 1 unspecified atom stereocenters. The Morgan fingerprint density at radius 2 is 2.12 bits per heavy atom. The van der Waals surface area contributed by atoms with Gasteiger partial charge in [-0.05, 0) is 19.3 Å². The van der Waals surface area contributed by atoms with Crippen molar-refractivity contribution in [2.24, 2.45) is 0 Å². The summed E-state index contributed by atoms with van der Waals surface area (Å²) in [5.41, 5.74) is 0. The number of nitrogens with one attached hydrogen (secondary N) is 1. The second kappa shape index (κ2) is 8.97. The van der Waals surface area contributed by atoms with E-state index in [1.807, 2.05) is 0 Å². The van der Waals surface area contributed by atoms with Gasteiger partial charge in [0.1, 0.15) is 0 Å². The molecule has 1 rings (SSSR count). The van der Waals surface area contributed by atoms with Crippen LogP contribution in [-0.4, -0.2) is 37.0 Å². The van der Waals surface area contributed by atoms with Crippen molar-refractivity contribution in [3.8, 4) is 0 Å². The van der Waals surface area contributed by atoms with Crippen LogP contribution < -0.4 is 5.32 Å². The summed E-state index contributed by atoms with van der Waals surface area (Å²) >= 11 is 0. The standard InChI is InChI=1S/C13H27NO2/c1-2-3-4-5-9-16-11-13(15)10-14-12-7-6-8-12/h12-15H,2-11H2,1H3. The lowest BCUT2D eigenvalue weighted by Gasteiger charge is -2.27. The van der Waals surface area contributed by atoms with Gasteiger partial charge in [-0.1, -0.05) is 32.6 Å². The molecule has 0 aliphatic heterocycles. The Hall–Kier alpha value is -0.120. The Balaban J connectivity index is 1.80. The molecular weight excluding hydrogens is 202 g/mol. The van der Waals surface area contributed by atoms with Crippen molar-refractivity contribution in [2.75, 3.05) is 19.8 Å². The zero-order valence-corrected chi connectivity index (χ0v) is 10.6. The Kier molecular flexibility index (Phi) is 7.81. The first kappa shape index (κ1) is 13.9. The zero-order valence-electron chi connectivity index (χ0n) is 10.6. The molecule has 0 heterocycles. The molecule has 0 spiro atoms. The summed E-state index contributed by atoms with van der Waals surface area (Å²) in [6, 6.07) is 0.652. The van der Waals surface area contributed by atoms with E-state index in [9.17, 15) is 5.11 Å². The lowest BCUT2D eigenvalue weighted by atomic mass is 9.93. The van der Waals surface area contributed by atoms with E-state index in [1.165, 1.54) is 38.5 Å². The van der Waals surface area contributed by atoms with E-state index in [-0.39, 0.29) is 6.10 Å². The molecule has 1 aliphatic rings. The average molecular weight is 229 g/mol. The molecule has 0 aromatic heterocycles. The zero-order chi connectivity index (χ0) is 11.6. The van der Waals surface area contributed by atoms with Gasteiger partial charge in [0.05, 0.1) is 12.7 Å². The molecule has 16 heavy (non-hydrogen) atoms. The summed E-state index contributed by atoms with van der Waals surface area (Å²) in [4.78, 5) is 0. The maximum absolute atomic E-state index is 9.63. The van der Waals surface area contributed by atoms with Gasteiger partial charge in [-0.15, -0.1) is 0 Å². The van der Waals surface area contributed by atoms with Crippen molar-refractivity contribution in [2.45, 2.75) is 64.0 Å². The lowest BCUT2D eigenvalue weighted by molar-refractivity contribution is 0.0327. The third kappa shape index (κ3) is 6.46.